The molecule has 0 fully saturated rings. The summed E-state index contributed by atoms with van der Waals surface area (Å²) < 4.78 is 31.9. The molecular formula is C54H42BrClIN3O15. The fraction of sp³-hybridized carbons (Fsp3) is 0.167. The number of nitrogens with one attached hydrogen (secondary N) is 3. The first-order valence-electron chi connectivity index (χ1n) is 22.1. The number of ether oxygens (including phenoxy) is 6. The molecule has 75 heavy (non-hydrogen) atoms. The van der Waals surface area contributed by atoms with Gasteiger partial charge in [0.2, 0.25) is 35.1 Å². The molecular weight excluding hydrogens is 1170 g/mol. The van der Waals surface area contributed by atoms with Crippen LogP contribution in [0.15, 0.2) is 91.0 Å². The van der Waals surface area contributed by atoms with Crippen molar-refractivity contribution in [2.75, 3.05) is 74.2 Å². The number of amides is 3. The van der Waals surface area contributed by atoms with Gasteiger partial charge in [0, 0.05) is 68.6 Å². The summed E-state index contributed by atoms with van der Waals surface area (Å²) in [5.74, 6) is -1.55. The molecule has 3 aliphatic rings. The van der Waals surface area contributed by atoms with Crippen LogP contribution in [-0.4, -0.2) is 111 Å². The molecule has 384 valence electrons. The van der Waals surface area contributed by atoms with Gasteiger partial charge in [-0.05, 0) is 36.4 Å². The van der Waals surface area contributed by atoms with Crippen molar-refractivity contribution in [3.05, 3.63) is 158 Å². The Kier molecular flexibility index (Phi) is 17.2. The molecule has 0 bridgehead atoms. The number of hydrogen-bond donors (Lipinski definition) is 3. The Hall–Kier alpha value is -7.95. The Morgan fingerprint density at radius 2 is 0.693 bits per heavy atom. The van der Waals surface area contributed by atoms with Crippen LogP contribution in [0.1, 0.15) is 95.5 Å². The molecule has 18 nitrogen and oxygen atoms in total. The van der Waals surface area contributed by atoms with Crippen LogP contribution in [0.3, 0.4) is 0 Å². The van der Waals surface area contributed by atoms with E-state index in [0.29, 0.717) is 34.3 Å². The first-order valence-corrected chi connectivity index (χ1v) is 25.3. The normalized spacial score (nSPS) is 12.3. The number of alkyl halides is 3. The van der Waals surface area contributed by atoms with Crippen molar-refractivity contribution in [3.63, 3.8) is 0 Å². The minimum atomic E-state index is -0.430. The van der Waals surface area contributed by atoms with Gasteiger partial charge < -0.3 is 44.4 Å². The Labute approximate surface area is 454 Å². The molecule has 6 aromatic carbocycles. The maximum atomic E-state index is 13.0. The third kappa shape index (κ3) is 10.6. The van der Waals surface area contributed by atoms with E-state index in [1.807, 2.05) is 22.6 Å². The van der Waals surface area contributed by atoms with E-state index in [4.69, 9.17) is 40.0 Å². The van der Waals surface area contributed by atoms with E-state index in [9.17, 15) is 43.2 Å². The number of rotatable bonds is 12. The summed E-state index contributed by atoms with van der Waals surface area (Å²) in [4.78, 5) is 112. The number of carbonyl (C=O) groups excluding carboxylic acids is 9. The van der Waals surface area contributed by atoms with Crippen LogP contribution in [0.25, 0.3) is 0 Å². The van der Waals surface area contributed by atoms with Crippen molar-refractivity contribution in [2.24, 2.45) is 0 Å². The highest BCUT2D eigenvalue weighted by atomic mass is 127. The Bertz CT molecular complexity index is 3080. The van der Waals surface area contributed by atoms with Gasteiger partial charge in [0.25, 0.3) is 0 Å². The zero-order valence-corrected chi connectivity index (χ0v) is 45.0. The number of ketones is 6. The first-order chi connectivity index (χ1) is 36.0. The number of benzene rings is 6. The molecule has 0 spiro atoms. The molecule has 3 aliphatic carbocycles. The highest BCUT2D eigenvalue weighted by Crippen LogP contribution is 2.42. The number of hydrogen-bond acceptors (Lipinski definition) is 15. The van der Waals surface area contributed by atoms with Crippen LogP contribution in [0, 0.1) is 0 Å². The highest BCUT2D eigenvalue weighted by molar-refractivity contribution is 14.1. The summed E-state index contributed by atoms with van der Waals surface area (Å²) in [6.07, 6.45) is 0. The quantitative estimate of drug-likeness (QED) is 0.0769. The molecule has 3 N–H and O–H groups in total. The third-order valence-electron chi connectivity index (χ3n) is 11.8. The van der Waals surface area contributed by atoms with E-state index >= 15 is 0 Å². The zero-order valence-electron chi connectivity index (χ0n) is 40.5. The molecule has 0 saturated carbocycles. The van der Waals surface area contributed by atoms with Gasteiger partial charge in [0.1, 0.15) is 40.4 Å². The summed E-state index contributed by atoms with van der Waals surface area (Å²) in [7, 11) is 8.53. The highest BCUT2D eigenvalue weighted by Gasteiger charge is 2.38. The molecule has 0 radical (unpaired) electrons. The van der Waals surface area contributed by atoms with Crippen molar-refractivity contribution in [3.8, 4) is 34.5 Å². The van der Waals surface area contributed by atoms with E-state index in [1.165, 1.54) is 79.1 Å². The maximum Gasteiger partial charge on any atom is 0.239 e. The molecule has 0 heterocycles. The lowest BCUT2D eigenvalue weighted by Crippen LogP contribution is -2.23. The van der Waals surface area contributed by atoms with Gasteiger partial charge in [-0.2, -0.15) is 0 Å². The average Bonchev–Trinajstić information content (AvgIpc) is 3.43. The monoisotopic (exact) mass is 1210 g/mol. The molecule has 9 rings (SSSR count). The number of fused-ring (bicyclic) bond motifs is 6. The Morgan fingerprint density at radius 1 is 0.413 bits per heavy atom. The standard InChI is InChI=1S/C18H14BrNO5.C18H14ClNO5.C18H14INO5/c3*1-24-12-5-3-4-10-15(12)18(23)16-11(17(10)22)6-9(7-13(16)25-2)20-14(21)8-19/h3*3-7H,8H2,1-2H3,(H,20,21). The largest absolute Gasteiger partial charge is 0.496 e. The van der Waals surface area contributed by atoms with E-state index in [2.05, 4.69) is 31.9 Å². The van der Waals surface area contributed by atoms with Crippen LogP contribution < -0.4 is 44.4 Å². The number of halogens is 3. The second-order valence-electron chi connectivity index (χ2n) is 16.0. The molecule has 0 saturated heterocycles. The van der Waals surface area contributed by atoms with Gasteiger partial charge in [-0.1, -0.05) is 74.9 Å². The van der Waals surface area contributed by atoms with E-state index in [1.54, 1.807) is 54.6 Å². The minimum absolute atomic E-state index is 0.110. The van der Waals surface area contributed by atoms with Crippen molar-refractivity contribution >= 4 is 120 Å². The summed E-state index contributed by atoms with van der Waals surface area (Å²) in [5, 5.41) is 8.00. The summed E-state index contributed by atoms with van der Waals surface area (Å²) >= 11 is 10.5. The van der Waals surface area contributed by atoms with Crippen LogP contribution in [0.2, 0.25) is 0 Å². The molecule has 0 aliphatic heterocycles. The smallest absolute Gasteiger partial charge is 0.239 e. The Balaban J connectivity index is 0.000000164. The molecule has 6 aromatic rings. The van der Waals surface area contributed by atoms with E-state index < -0.39 is 5.91 Å². The number of methoxy groups -OCH3 is 6. The second kappa shape index (κ2) is 23.5. The van der Waals surface area contributed by atoms with Crippen molar-refractivity contribution in [1.29, 1.82) is 0 Å². The van der Waals surface area contributed by atoms with Crippen molar-refractivity contribution in [1.82, 2.24) is 0 Å². The zero-order chi connectivity index (χ0) is 54.4. The molecule has 0 atom stereocenters. The van der Waals surface area contributed by atoms with Crippen LogP contribution in [0.4, 0.5) is 17.1 Å². The predicted molar refractivity (Wildman–Crippen MR) is 288 cm³/mol. The molecule has 3 amide bonds. The maximum absolute atomic E-state index is 13.0. The van der Waals surface area contributed by atoms with Gasteiger partial charge in [-0.3, -0.25) is 43.2 Å². The van der Waals surface area contributed by atoms with E-state index in [-0.39, 0.29) is 146 Å². The minimum Gasteiger partial charge on any atom is -0.496 e. The van der Waals surface area contributed by atoms with Crippen molar-refractivity contribution < 1.29 is 71.6 Å². The fourth-order valence-electron chi connectivity index (χ4n) is 8.55. The third-order valence-corrected chi connectivity index (χ3v) is 13.2. The van der Waals surface area contributed by atoms with Gasteiger partial charge >= 0.3 is 0 Å². The van der Waals surface area contributed by atoms with Gasteiger partial charge in [0.15, 0.2) is 17.3 Å². The topological polar surface area (TPSA) is 245 Å². The first kappa shape index (κ1) is 54.8. The van der Waals surface area contributed by atoms with Crippen LogP contribution in [-0.2, 0) is 14.4 Å². The summed E-state index contributed by atoms with van der Waals surface area (Å²) in [6, 6.07) is 23.6. The number of carbonyl (C=O) groups is 9. The lowest BCUT2D eigenvalue weighted by molar-refractivity contribution is -0.114. The summed E-state index contributed by atoms with van der Waals surface area (Å²) in [5.41, 5.74) is 3.61. The molecule has 0 unspecified atom stereocenters. The SMILES string of the molecule is COc1cccc2c1C(=O)c1c(OC)cc(NC(=O)CBr)cc1C2=O.COc1cccc2c1C(=O)c1c(OC)cc(NC(=O)CCl)cc1C2=O.COc1cccc2c1C(=O)c1c(OC)cc(NC(=O)CI)cc1C2=O. The fourth-order valence-corrected chi connectivity index (χ4v) is 8.95. The van der Waals surface area contributed by atoms with Gasteiger partial charge in [-0.25, -0.2) is 0 Å². The van der Waals surface area contributed by atoms with Crippen molar-refractivity contribution in [2.45, 2.75) is 0 Å². The van der Waals surface area contributed by atoms with E-state index in [0.717, 1.165) is 0 Å². The molecule has 21 heteroatoms. The number of anilines is 3. The molecule has 0 aromatic heterocycles. The lowest BCUT2D eigenvalue weighted by Gasteiger charge is -2.22. The van der Waals surface area contributed by atoms with Crippen LogP contribution in [0.5, 0.6) is 34.5 Å². The van der Waals surface area contributed by atoms with Gasteiger partial charge in [-0.15, -0.1) is 11.6 Å². The average molecular weight is 1220 g/mol. The second-order valence-corrected chi connectivity index (χ2v) is 17.6. The van der Waals surface area contributed by atoms with Gasteiger partial charge in [0.05, 0.1) is 85.8 Å². The lowest BCUT2D eigenvalue weighted by atomic mass is 9.82. The Morgan fingerprint density at radius 3 is 0.960 bits per heavy atom. The predicted octanol–water partition coefficient (Wildman–Crippen LogP) is 8.32. The van der Waals surface area contributed by atoms with Crippen LogP contribution >= 0.6 is 50.1 Å². The summed E-state index contributed by atoms with van der Waals surface area (Å²) in [6.45, 7) is 0.